The quantitative estimate of drug-likeness (QED) is 0.777. The van der Waals surface area contributed by atoms with Crippen molar-refractivity contribution in [1.82, 2.24) is 9.88 Å². The number of nitrogens with one attached hydrogen (secondary N) is 1. The summed E-state index contributed by atoms with van der Waals surface area (Å²) in [5.41, 5.74) is -0.177. The Balaban J connectivity index is 2.28. The number of aromatic nitrogens is 1. The normalized spacial score (nSPS) is 19.1. The van der Waals surface area contributed by atoms with Crippen LogP contribution >= 0.6 is 0 Å². The van der Waals surface area contributed by atoms with Gasteiger partial charge in [0.1, 0.15) is 0 Å². The molecular formula is C12H16N2O3. The van der Waals surface area contributed by atoms with Crippen LogP contribution in [0.2, 0.25) is 0 Å². The molecule has 1 aliphatic rings. The Morgan fingerprint density at radius 3 is 2.94 bits per heavy atom. The molecule has 0 bridgehead atoms. The zero-order valence-corrected chi connectivity index (χ0v) is 10.0. The van der Waals surface area contributed by atoms with Gasteiger partial charge >= 0.3 is 0 Å². The van der Waals surface area contributed by atoms with Crippen LogP contribution in [0.4, 0.5) is 0 Å². The fourth-order valence-electron chi connectivity index (χ4n) is 1.97. The highest BCUT2D eigenvalue weighted by Crippen LogP contribution is 2.21. The smallest absolute Gasteiger partial charge is 0.254 e. The van der Waals surface area contributed by atoms with Gasteiger partial charge in [-0.3, -0.25) is 9.59 Å². The number of H-pyrrole nitrogens is 1. The summed E-state index contributed by atoms with van der Waals surface area (Å²) in [6, 6.07) is 2.95. The number of rotatable bonds is 1. The van der Waals surface area contributed by atoms with E-state index in [1.165, 1.54) is 12.3 Å². The van der Waals surface area contributed by atoms with Crippen molar-refractivity contribution in [3.63, 3.8) is 0 Å². The van der Waals surface area contributed by atoms with Gasteiger partial charge in [-0.1, -0.05) is 0 Å². The first kappa shape index (κ1) is 11.9. The van der Waals surface area contributed by atoms with Crippen LogP contribution in [-0.2, 0) is 4.74 Å². The molecule has 0 radical (unpaired) electrons. The van der Waals surface area contributed by atoms with Gasteiger partial charge in [0.2, 0.25) is 5.56 Å². The predicted molar refractivity (Wildman–Crippen MR) is 63.0 cm³/mol. The van der Waals surface area contributed by atoms with E-state index in [-0.39, 0.29) is 17.0 Å². The van der Waals surface area contributed by atoms with E-state index in [0.717, 1.165) is 0 Å². The zero-order valence-electron chi connectivity index (χ0n) is 10.0. The van der Waals surface area contributed by atoms with Crippen LogP contribution in [0, 0.1) is 0 Å². The Hall–Kier alpha value is -1.62. The third kappa shape index (κ3) is 2.39. The van der Waals surface area contributed by atoms with E-state index in [4.69, 9.17) is 4.74 Å². The average molecular weight is 236 g/mol. The number of hydrogen-bond donors (Lipinski definition) is 1. The number of hydrogen-bond acceptors (Lipinski definition) is 3. The molecule has 5 nitrogen and oxygen atoms in total. The van der Waals surface area contributed by atoms with Crippen LogP contribution in [0.15, 0.2) is 23.1 Å². The SMILES string of the molecule is CC1(C)COCCN1C(=O)c1cc[nH]c(=O)c1. The largest absolute Gasteiger partial charge is 0.377 e. The maximum absolute atomic E-state index is 12.3. The van der Waals surface area contributed by atoms with E-state index < -0.39 is 0 Å². The minimum atomic E-state index is -0.335. The molecule has 1 aromatic rings. The molecule has 0 unspecified atom stereocenters. The number of nitrogens with zero attached hydrogens (tertiary/aromatic N) is 1. The van der Waals surface area contributed by atoms with Crippen LogP contribution in [0.3, 0.4) is 0 Å². The van der Waals surface area contributed by atoms with Crippen molar-refractivity contribution in [3.05, 3.63) is 34.2 Å². The third-order valence-electron chi connectivity index (χ3n) is 2.91. The first-order valence-electron chi connectivity index (χ1n) is 5.59. The Morgan fingerprint density at radius 2 is 2.29 bits per heavy atom. The van der Waals surface area contributed by atoms with Gasteiger partial charge in [-0.05, 0) is 19.9 Å². The number of pyridine rings is 1. The lowest BCUT2D eigenvalue weighted by Crippen LogP contribution is -2.55. The second-order valence-electron chi connectivity index (χ2n) is 4.76. The van der Waals surface area contributed by atoms with Gasteiger partial charge in [-0.15, -0.1) is 0 Å². The molecule has 17 heavy (non-hydrogen) atoms. The molecule has 1 aromatic heterocycles. The Kier molecular flexibility index (Phi) is 3.02. The third-order valence-corrected chi connectivity index (χ3v) is 2.91. The molecule has 0 aliphatic carbocycles. The predicted octanol–water partition coefficient (Wildman–Crippen LogP) is 0.626. The van der Waals surface area contributed by atoms with E-state index in [0.29, 0.717) is 25.3 Å². The van der Waals surface area contributed by atoms with Gasteiger partial charge in [0.25, 0.3) is 5.91 Å². The van der Waals surface area contributed by atoms with Crippen molar-refractivity contribution in [2.24, 2.45) is 0 Å². The summed E-state index contributed by atoms with van der Waals surface area (Å²) in [7, 11) is 0. The molecule has 0 spiro atoms. The van der Waals surface area contributed by atoms with E-state index in [1.807, 2.05) is 13.8 Å². The van der Waals surface area contributed by atoms with Gasteiger partial charge in [0.15, 0.2) is 0 Å². The zero-order chi connectivity index (χ0) is 12.5. The Labute approximate surface area is 99.4 Å². The van der Waals surface area contributed by atoms with Gasteiger partial charge < -0.3 is 14.6 Å². The van der Waals surface area contributed by atoms with Gasteiger partial charge in [0.05, 0.1) is 18.8 Å². The number of ether oxygens (including phenoxy) is 1. The summed E-state index contributed by atoms with van der Waals surface area (Å²) in [5.74, 6) is -0.121. The molecule has 0 saturated carbocycles. The lowest BCUT2D eigenvalue weighted by Gasteiger charge is -2.42. The number of carbonyl (C=O) groups excluding carboxylic acids is 1. The van der Waals surface area contributed by atoms with Gasteiger partial charge in [-0.2, -0.15) is 0 Å². The fraction of sp³-hybridized carbons (Fsp3) is 0.500. The van der Waals surface area contributed by atoms with Crippen molar-refractivity contribution in [2.45, 2.75) is 19.4 Å². The van der Waals surface area contributed by atoms with Gasteiger partial charge in [0, 0.05) is 24.4 Å². The Bertz CT molecular complexity index is 479. The van der Waals surface area contributed by atoms with Crippen molar-refractivity contribution in [3.8, 4) is 0 Å². The second kappa shape index (κ2) is 4.33. The van der Waals surface area contributed by atoms with Gasteiger partial charge in [-0.25, -0.2) is 0 Å². The summed E-state index contributed by atoms with van der Waals surface area (Å²) >= 11 is 0. The number of morpholine rings is 1. The highest BCUT2D eigenvalue weighted by molar-refractivity contribution is 5.94. The topological polar surface area (TPSA) is 62.4 Å². The first-order chi connectivity index (χ1) is 8.00. The van der Waals surface area contributed by atoms with Crippen LogP contribution in [0.5, 0.6) is 0 Å². The minimum Gasteiger partial charge on any atom is -0.377 e. The summed E-state index contributed by atoms with van der Waals surface area (Å²) in [5, 5.41) is 0. The number of amides is 1. The standard InChI is InChI=1S/C12H16N2O3/c1-12(2)8-17-6-5-14(12)11(16)9-3-4-13-10(15)7-9/h3-4,7H,5-6,8H2,1-2H3,(H,13,15). The fourth-order valence-corrected chi connectivity index (χ4v) is 1.97. The number of carbonyl (C=O) groups is 1. The molecule has 2 heterocycles. The number of aromatic amines is 1. The van der Waals surface area contributed by atoms with Crippen LogP contribution in [0.25, 0.3) is 0 Å². The molecule has 1 N–H and O–H groups in total. The summed E-state index contributed by atoms with van der Waals surface area (Å²) in [6.07, 6.45) is 1.49. The molecule has 2 rings (SSSR count). The monoisotopic (exact) mass is 236 g/mol. The second-order valence-corrected chi connectivity index (χ2v) is 4.76. The van der Waals surface area contributed by atoms with E-state index >= 15 is 0 Å². The van der Waals surface area contributed by atoms with E-state index in [2.05, 4.69) is 4.98 Å². The molecule has 0 aromatic carbocycles. The Morgan fingerprint density at radius 1 is 1.53 bits per heavy atom. The van der Waals surface area contributed by atoms with Crippen molar-refractivity contribution in [1.29, 1.82) is 0 Å². The summed E-state index contributed by atoms with van der Waals surface area (Å²) in [6.45, 7) is 5.52. The van der Waals surface area contributed by atoms with E-state index in [1.54, 1.807) is 11.0 Å². The first-order valence-corrected chi connectivity index (χ1v) is 5.59. The summed E-state index contributed by atoms with van der Waals surface area (Å²) in [4.78, 5) is 27.7. The molecule has 1 aliphatic heterocycles. The van der Waals surface area contributed by atoms with Crippen LogP contribution in [-0.4, -0.2) is 41.1 Å². The maximum atomic E-state index is 12.3. The minimum absolute atomic E-state index is 0.121. The van der Waals surface area contributed by atoms with E-state index in [9.17, 15) is 9.59 Å². The molecule has 1 fully saturated rings. The molecule has 0 atom stereocenters. The highest BCUT2D eigenvalue weighted by Gasteiger charge is 2.34. The molecular weight excluding hydrogens is 220 g/mol. The van der Waals surface area contributed by atoms with Crippen LogP contribution in [0.1, 0.15) is 24.2 Å². The summed E-state index contributed by atoms with van der Waals surface area (Å²) < 4.78 is 5.36. The maximum Gasteiger partial charge on any atom is 0.254 e. The molecule has 92 valence electrons. The van der Waals surface area contributed by atoms with Crippen LogP contribution < -0.4 is 5.56 Å². The van der Waals surface area contributed by atoms with Crippen molar-refractivity contribution >= 4 is 5.91 Å². The average Bonchev–Trinajstić information content (AvgIpc) is 2.27. The van der Waals surface area contributed by atoms with Crippen molar-refractivity contribution in [2.75, 3.05) is 19.8 Å². The molecule has 5 heteroatoms. The van der Waals surface area contributed by atoms with Crippen molar-refractivity contribution < 1.29 is 9.53 Å². The lowest BCUT2D eigenvalue weighted by molar-refractivity contribution is -0.0370. The lowest BCUT2D eigenvalue weighted by atomic mass is 10.0. The molecule has 1 amide bonds. The molecule has 1 saturated heterocycles. The highest BCUT2D eigenvalue weighted by atomic mass is 16.5.